The molecule has 0 nitrogen and oxygen atoms in total. The lowest BCUT2D eigenvalue weighted by Gasteiger charge is -2.28. The minimum absolute atomic E-state index is 0.183. The third kappa shape index (κ3) is 3.33. The van der Waals surface area contributed by atoms with Crippen molar-refractivity contribution in [2.24, 2.45) is 17.8 Å². The van der Waals surface area contributed by atoms with Crippen LogP contribution in [0.3, 0.4) is 0 Å². The molecule has 0 saturated heterocycles. The Hall–Kier alpha value is -1.41. The first-order chi connectivity index (χ1) is 12.0. The normalized spacial score (nSPS) is 25.1. The second-order valence-electron chi connectivity index (χ2n) is 7.24. The summed E-state index contributed by atoms with van der Waals surface area (Å²) >= 11 is 0. The molecule has 0 heterocycles. The van der Waals surface area contributed by atoms with Gasteiger partial charge in [0.15, 0.2) is 0 Å². The van der Waals surface area contributed by atoms with Crippen LogP contribution < -0.4 is 10.6 Å². The number of rotatable bonds is 4. The Balaban J connectivity index is 1.75. The summed E-state index contributed by atoms with van der Waals surface area (Å²) < 4.78 is 56.4. The maximum absolute atomic E-state index is 14.4. The SMILES string of the molecule is Fc1ccc(F)c(P(CC2CC3CCC2C3)c2cc(F)ccc2F)c1. The maximum Gasteiger partial charge on any atom is 0.131 e. The summed E-state index contributed by atoms with van der Waals surface area (Å²) in [4.78, 5) is 0. The first-order valence-corrected chi connectivity index (χ1v) is 10.2. The largest absolute Gasteiger partial charge is 0.207 e. The highest BCUT2D eigenvalue weighted by molar-refractivity contribution is 7.73. The van der Waals surface area contributed by atoms with Gasteiger partial charge in [0.25, 0.3) is 0 Å². The first kappa shape index (κ1) is 17.0. The van der Waals surface area contributed by atoms with Crippen LogP contribution in [0.2, 0.25) is 0 Å². The Morgan fingerprint density at radius 1 is 0.800 bits per heavy atom. The van der Waals surface area contributed by atoms with E-state index >= 15 is 0 Å². The van der Waals surface area contributed by atoms with Crippen LogP contribution in [0, 0.1) is 41.0 Å². The molecule has 3 atom stereocenters. The zero-order valence-corrected chi connectivity index (χ0v) is 14.6. The molecule has 0 aliphatic heterocycles. The number of fused-ring (bicyclic) bond motifs is 2. The van der Waals surface area contributed by atoms with Crippen molar-refractivity contribution in [3.8, 4) is 0 Å². The van der Waals surface area contributed by atoms with Gasteiger partial charge in [-0.3, -0.25) is 0 Å². The Morgan fingerprint density at radius 2 is 1.40 bits per heavy atom. The molecule has 0 amide bonds. The molecule has 25 heavy (non-hydrogen) atoms. The number of halogens is 4. The van der Waals surface area contributed by atoms with Gasteiger partial charge in [-0.25, -0.2) is 17.6 Å². The average molecular weight is 366 g/mol. The summed E-state index contributed by atoms with van der Waals surface area (Å²) in [5.41, 5.74) is 0. The third-order valence-electron chi connectivity index (χ3n) is 5.70. The van der Waals surface area contributed by atoms with Crippen LogP contribution in [0.1, 0.15) is 25.7 Å². The molecule has 2 aliphatic rings. The second kappa shape index (κ2) is 6.72. The van der Waals surface area contributed by atoms with Crippen molar-refractivity contribution in [3.63, 3.8) is 0 Å². The predicted molar refractivity (Wildman–Crippen MR) is 92.7 cm³/mol. The highest BCUT2D eigenvalue weighted by Crippen LogP contribution is 2.52. The lowest BCUT2D eigenvalue weighted by atomic mass is 9.90. The molecule has 2 aromatic carbocycles. The molecule has 2 bridgehead atoms. The van der Waals surface area contributed by atoms with Crippen molar-refractivity contribution in [1.29, 1.82) is 0 Å². The molecule has 132 valence electrons. The van der Waals surface area contributed by atoms with Crippen LogP contribution in [-0.4, -0.2) is 6.16 Å². The molecule has 0 N–H and O–H groups in total. The number of hydrogen-bond donors (Lipinski definition) is 0. The van der Waals surface area contributed by atoms with Gasteiger partial charge in [0, 0.05) is 10.6 Å². The van der Waals surface area contributed by atoms with E-state index < -0.39 is 31.2 Å². The predicted octanol–water partition coefficient (Wildman–Crippen LogP) is 5.11. The molecule has 0 spiro atoms. The van der Waals surface area contributed by atoms with E-state index in [1.807, 2.05) is 0 Å². The van der Waals surface area contributed by atoms with Gasteiger partial charge < -0.3 is 0 Å². The molecule has 4 rings (SSSR count). The smallest absolute Gasteiger partial charge is 0.131 e. The van der Waals surface area contributed by atoms with Gasteiger partial charge in [-0.05, 0) is 87.5 Å². The fourth-order valence-electron chi connectivity index (χ4n) is 4.55. The van der Waals surface area contributed by atoms with E-state index in [-0.39, 0.29) is 10.6 Å². The van der Waals surface area contributed by atoms with Crippen molar-refractivity contribution in [2.45, 2.75) is 25.7 Å². The minimum atomic E-state index is -1.48. The van der Waals surface area contributed by atoms with Crippen LogP contribution >= 0.6 is 7.92 Å². The number of benzene rings is 2. The molecule has 5 heteroatoms. The van der Waals surface area contributed by atoms with Crippen LogP contribution in [0.15, 0.2) is 36.4 Å². The third-order valence-corrected chi connectivity index (χ3v) is 8.38. The summed E-state index contributed by atoms with van der Waals surface area (Å²) in [5, 5.41) is 0.365. The molecule has 0 radical (unpaired) electrons. The van der Waals surface area contributed by atoms with E-state index in [0.29, 0.717) is 23.9 Å². The monoisotopic (exact) mass is 366 g/mol. The van der Waals surface area contributed by atoms with Crippen molar-refractivity contribution >= 4 is 18.5 Å². The number of hydrogen-bond acceptors (Lipinski definition) is 0. The zero-order valence-electron chi connectivity index (χ0n) is 13.7. The molecular formula is C20H19F4P. The van der Waals surface area contributed by atoms with Crippen LogP contribution in [0.25, 0.3) is 0 Å². The van der Waals surface area contributed by atoms with Gasteiger partial charge in [-0.2, -0.15) is 0 Å². The Labute approximate surface area is 146 Å². The van der Waals surface area contributed by atoms with Gasteiger partial charge in [-0.1, -0.05) is 6.42 Å². The van der Waals surface area contributed by atoms with Crippen LogP contribution in [-0.2, 0) is 0 Å². The lowest BCUT2D eigenvalue weighted by Crippen LogP contribution is -2.25. The molecule has 2 saturated carbocycles. The second-order valence-corrected chi connectivity index (χ2v) is 9.42. The summed E-state index contributed by atoms with van der Waals surface area (Å²) in [6, 6.07) is 6.59. The van der Waals surface area contributed by atoms with E-state index in [2.05, 4.69) is 0 Å². The molecule has 2 fully saturated rings. The summed E-state index contributed by atoms with van der Waals surface area (Å²) in [6.45, 7) is 0. The fourth-order valence-corrected chi connectivity index (χ4v) is 7.34. The van der Waals surface area contributed by atoms with E-state index in [1.165, 1.54) is 12.8 Å². The van der Waals surface area contributed by atoms with Crippen LogP contribution in [0.4, 0.5) is 17.6 Å². The molecule has 0 aromatic heterocycles. The quantitative estimate of drug-likeness (QED) is 0.521. The topological polar surface area (TPSA) is 0 Å². The van der Waals surface area contributed by atoms with Crippen molar-refractivity contribution in [1.82, 2.24) is 0 Å². The van der Waals surface area contributed by atoms with Crippen molar-refractivity contribution in [2.75, 3.05) is 6.16 Å². The summed E-state index contributed by atoms with van der Waals surface area (Å²) in [6.07, 6.45) is 5.25. The molecule has 2 aliphatic carbocycles. The van der Waals surface area contributed by atoms with Crippen LogP contribution in [0.5, 0.6) is 0 Å². The molecule has 3 unspecified atom stereocenters. The van der Waals surface area contributed by atoms with E-state index in [0.717, 1.165) is 49.2 Å². The van der Waals surface area contributed by atoms with Gasteiger partial charge in [0.2, 0.25) is 0 Å². The summed E-state index contributed by atoms with van der Waals surface area (Å²) in [5.74, 6) is -0.499. The van der Waals surface area contributed by atoms with Gasteiger partial charge in [0.1, 0.15) is 23.3 Å². The lowest BCUT2D eigenvalue weighted by molar-refractivity contribution is 0.364. The molecular weight excluding hydrogens is 347 g/mol. The van der Waals surface area contributed by atoms with E-state index in [9.17, 15) is 17.6 Å². The Kier molecular flexibility index (Phi) is 4.58. The summed E-state index contributed by atoms with van der Waals surface area (Å²) in [7, 11) is -1.48. The van der Waals surface area contributed by atoms with Crippen molar-refractivity contribution in [3.05, 3.63) is 59.7 Å². The van der Waals surface area contributed by atoms with Gasteiger partial charge in [-0.15, -0.1) is 0 Å². The minimum Gasteiger partial charge on any atom is -0.207 e. The fraction of sp³-hybridized carbons (Fsp3) is 0.400. The Morgan fingerprint density at radius 3 is 1.88 bits per heavy atom. The van der Waals surface area contributed by atoms with E-state index in [4.69, 9.17) is 0 Å². The van der Waals surface area contributed by atoms with Gasteiger partial charge >= 0.3 is 0 Å². The zero-order chi connectivity index (χ0) is 17.6. The van der Waals surface area contributed by atoms with E-state index in [1.54, 1.807) is 0 Å². The highest BCUT2D eigenvalue weighted by Gasteiger charge is 2.41. The molecule has 2 aromatic rings. The van der Waals surface area contributed by atoms with Gasteiger partial charge in [0.05, 0.1) is 0 Å². The standard InChI is InChI=1S/C20H19F4P/c21-15-3-5-17(23)19(9-15)25(20-10-16(22)4-6-18(20)24)11-14-8-12-1-2-13(14)7-12/h3-6,9-10,12-14H,1-2,7-8,11H2. The highest BCUT2D eigenvalue weighted by atomic mass is 31.1. The van der Waals surface area contributed by atoms with Crippen molar-refractivity contribution < 1.29 is 17.6 Å². The average Bonchev–Trinajstić information content (AvgIpc) is 3.20. The Bertz CT molecular complexity index is 740. The maximum atomic E-state index is 14.4. The first-order valence-electron chi connectivity index (χ1n) is 8.69.